The Balaban J connectivity index is 2.13. The molecule has 1 aliphatic rings. The quantitative estimate of drug-likeness (QED) is 0.819. The lowest BCUT2D eigenvalue weighted by Crippen LogP contribution is -2.36. The van der Waals surface area contributed by atoms with Crippen molar-refractivity contribution in [3.63, 3.8) is 0 Å². The van der Waals surface area contributed by atoms with Gasteiger partial charge in [0.1, 0.15) is 5.75 Å². The molecule has 1 fully saturated rings. The second-order valence-corrected chi connectivity index (χ2v) is 7.22. The predicted molar refractivity (Wildman–Crippen MR) is 78.8 cm³/mol. The number of sulfonamides is 1. The summed E-state index contributed by atoms with van der Waals surface area (Å²) in [5.41, 5.74) is 0. The van der Waals surface area contributed by atoms with E-state index in [1.165, 1.54) is 11.2 Å². The Morgan fingerprint density at radius 1 is 1.08 bits per heavy atom. The number of nitrogens with zero attached hydrogens (tertiary/aromatic N) is 2. The van der Waals surface area contributed by atoms with Gasteiger partial charge in [-0.3, -0.25) is 4.79 Å². The van der Waals surface area contributed by atoms with Gasteiger partial charge < -0.3 is 9.64 Å². The van der Waals surface area contributed by atoms with E-state index in [1.807, 2.05) is 0 Å². The number of benzene rings is 1. The molecule has 0 spiro atoms. The molecule has 0 N–H and O–H groups in total. The molecule has 0 radical (unpaired) electrons. The highest BCUT2D eigenvalue weighted by Gasteiger charge is 2.32. The summed E-state index contributed by atoms with van der Waals surface area (Å²) in [5.74, 6) is -0.608. The second-order valence-electron chi connectivity index (χ2n) is 5.28. The van der Waals surface area contributed by atoms with Gasteiger partial charge in [0.15, 0.2) is 0 Å². The van der Waals surface area contributed by atoms with Crippen molar-refractivity contribution in [2.75, 3.05) is 26.2 Å². The Morgan fingerprint density at radius 2 is 1.71 bits per heavy atom. The molecule has 134 valence electrons. The largest absolute Gasteiger partial charge is 0.573 e. The van der Waals surface area contributed by atoms with Gasteiger partial charge in [0.05, 0.1) is 4.90 Å². The molecule has 2 rings (SSSR count). The van der Waals surface area contributed by atoms with Crippen LogP contribution in [0.15, 0.2) is 29.2 Å². The zero-order valence-corrected chi connectivity index (χ0v) is 13.7. The molecule has 1 aromatic carbocycles. The molecule has 0 unspecified atom stereocenters. The van der Waals surface area contributed by atoms with Crippen LogP contribution in [-0.4, -0.2) is 56.1 Å². The van der Waals surface area contributed by atoms with Crippen molar-refractivity contribution in [3.05, 3.63) is 24.3 Å². The topological polar surface area (TPSA) is 66.9 Å². The first-order valence-electron chi connectivity index (χ1n) is 7.21. The molecule has 1 amide bonds. The van der Waals surface area contributed by atoms with Gasteiger partial charge in [0.25, 0.3) is 0 Å². The summed E-state index contributed by atoms with van der Waals surface area (Å²) < 4.78 is 66.5. The molecule has 1 aromatic rings. The number of amides is 1. The fourth-order valence-corrected chi connectivity index (χ4v) is 3.88. The highest BCUT2D eigenvalue weighted by atomic mass is 32.2. The van der Waals surface area contributed by atoms with E-state index in [0.29, 0.717) is 13.0 Å². The van der Waals surface area contributed by atoms with E-state index < -0.39 is 22.1 Å². The van der Waals surface area contributed by atoms with Gasteiger partial charge in [-0.2, -0.15) is 4.31 Å². The minimum Gasteiger partial charge on any atom is -0.406 e. The first-order valence-corrected chi connectivity index (χ1v) is 8.65. The smallest absolute Gasteiger partial charge is 0.406 e. The molecule has 0 aromatic heterocycles. The number of rotatable bonds is 3. The van der Waals surface area contributed by atoms with Gasteiger partial charge >= 0.3 is 6.36 Å². The number of hydrogen-bond donors (Lipinski definition) is 0. The third-order valence-corrected chi connectivity index (χ3v) is 5.51. The van der Waals surface area contributed by atoms with Crippen molar-refractivity contribution in [1.82, 2.24) is 9.21 Å². The molecule has 1 saturated heterocycles. The fourth-order valence-electron chi connectivity index (χ4n) is 2.41. The Kier molecular flexibility index (Phi) is 5.38. The van der Waals surface area contributed by atoms with Gasteiger partial charge in [-0.25, -0.2) is 8.42 Å². The molecular formula is C14H17F3N2O4S. The first-order chi connectivity index (χ1) is 11.1. The number of halogens is 3. The minimum absolute atomic E-state index is 0.117. The number of alkyl halides is 3. The molecule has 1 heterocycles. The minimum atomic E-state index is -4.83. The fraction of sp³-hybridized carbons (Fsp3) is 0.500. The van der Waals surface area contributed by atoms with Crippen LogP contribution in [-0.2, 0) is 14.8 Å². The third kappa shape index (κ3) is 4.60. The van der Waals surface area contributed by atoms with Crippen LogP contribution >= 0.6 is 0 Å². The van der Waals surface area contributed by atoms with E-state index in [2.05, 4.69) is 4.74 Å². The van der Waals surface area contributed by atoms with E-state index in [9.17, 15) is 26.4 Å². The van der Waals surface area contributed by atoms with Crippen molar-refractivity contribution in [3.8, 4) is 5.75 Å². The van der Waals surface area contributed by atoms with Crippen molar-refractivity contribution in [2.24, 2.45) is 0 Å². The Labute approximate surface area is 137 Å². The van der Waals surface area contributed by atoms with Gasteiger partial charge in [0.2, 0.25) is 15.9 Å². The maximum absolute atomic E-state index is 12.6. The van der Waals surface area contributed by atoms with Crippen LogP contribution in [0.1, 0.15) is 13.3 Å². The van der Waals surface area contributed by atoms with E-state index in [4.69, 9.17) is 0 Å². The zero-order valence-electron chi connectivity index (χ0n) is 12.9. The monoisotopic (exact) mass is 366 g/mol. The Hall–Kier alpha value is -1.81. The average Bonchev–Trinajstić information content (AvgIpc) is 2.72. The Morgan fingerprint density at radius 3 is 2.25 bits per heavy atom. The summed E-state index contributed by atoms with van der Waals surface area (Å²) in [7, 11) is -3.84. The zero-order chi connectivity index (χ0) is 18.0. The van der Waals surface area contributed by atoms with Gasteiger partial charge in [-0.15, -0.1) is 13.2 Å². The predicted octanol–water partition coefficient (Wildman–Crippen LogP) is 1.83. The molecule has 0 bridgehead atoms. The van der Waals surface area contributed by atoms with Crippen molar-refractivity contribution in [1.29, 1.82) is 0 Å². The molecule has 24 heavy (non-hydrogen) atoms. The molecule has 1 aliphatic heterocycles. The summed E-state index contributed by atoms with van der Waals surface area (Å²) in [6, 6.07) is 4.06. The van der Waals surface area contributed by atoms with Crippen molar-refractivity contribution in [2.45, 2.75) is 24.6 Å². The van der Waals surface area contributed by atoms with E-state index in [0.717, 1.165) is 24.3 Å². The maximum Gasteiger partial charge on any atom is 0.573 e. The van der Waals surface area contributed by atoms with Crippen LogP contribution in [0.5, 0.6) is 5.75 Å². The van der Waals surface area contributed by atoms with Gasteiger partial charge in [-0.1, -0.05) is 0 Å². The van der Waals surface area contributed by atoms with Crippen LogP contribution < -0.4 is 4.74 Å². The molecule has 10 heteroatoms. The number of hydrogen-bond acceptors (Lipinski definition) is 4. The van der Waals surface area contributed by atoms with Gasteiger partial charge in [0, 0.05) is 33.1 Å². The molecule has 0 aliphatic carbocycles. The molecular weight excluding hydrogens is 349 g/mol. The van der Waals surface area contributed by atoms with Crippen molar-refractivity contribution < 1.29 is 31.1 Å². The lowest BCUT2D eigenvalue weighted by Gasteiger charge is -2.21. The summed E-state index contributed by atoms with van der Waals surface area (Å²) in [6.07, 6.45) is -4.34. The normalized spacial score (nSPS) is 17.4. The second kappa shape index (κ2) is 6.98. The number of ether oxygens (including phenoxy) is 1. The third-order valence-electron chi connectivity index (χ3n) is 3.60. The number of carbonyl (C=O) groups is 1. The van der Waals surface area contributed by atoms with Crippen LogP contribution in [0.4, 0.5) is 13.2 Å². The average molecular weight is 366 g/mol. The highest BCUT2D eigenvalue weighted by molar-refractivity contribution is 7.89. The molecule has 6 nitrogen and oxygen atoms in total. The van der Waals surface area contributed by atoms with E-state index >= 15 is 0 Å². The van der Waals surface area contributed by atoms with Crippen LogP contribution in [0.3, 0.4) is 0 Å². The molecule has 0 saturated carbocycles. The lowest BCUT2D eigenvalue weighted by molar-refractivity contribution is -0.274. The highest BCUT2D eigenvalue weighted by Crippen LogP contribution is 2.25. The SMILES string of the molecule is CC(=O)N1CCCN(S(=O)(=O)c2ccc(OC(F)(F)F)cc2)CC1. The summed E-state index contributed by atoms with van der Waals surface area (Å²) >= 11 is 0. The Bertz CT molecular complexity index is 689. The summed E-state index contributed by atoms with van der Waals surface area (Å²) in [4.78, 5) is 12.8. The van der Waals surface area contributed by atoms with Crippen LogP contribution in [0.25, 0.3) is 0 Å². The molecule has 0 atom stereocenters. The summed E-state index contributed by atoms with van der Waals surface area (Å²) in [6.45, 7) is 2.56. The maximum atomic E-state index is 12.6. The van der Waals surface area contributed by atoms with E-state index in [-0.39, 0.29) is 30.4 Å². The number of carbonyl (C=O) groups excluding carboxylic acids is 1. The van der Waals surface area contributed by atoms with Crippen LogP contribution in [0, 0.1) is 0 Å². The van der Waals surface area contributed by atoms with E-state index in [1.54, 1.807) is 4.90 Å². The first kappa shape index (κ1) is 18.5. The summed E-state index contributed by atoms with van der Waals surface area (Å²) in [5, 5.41) is 0. The standard InChI is InChI=1S/C14H17F3N2O4S/c1-11(20)18-7-2-8-19(10-9-18)24(21,22)13-5-3-12(4-6-13)23-14(15,16)17/h3-6H,2,7-10H2,1H3. The van der Waals surface area contributed by atoms with Gasteiger partial charge in [-0.05, 0) is 30.7 Å². The van der Waals surface area contributed by atoms with Crippen LogP contribution in [0.2, 0.25) is 0 Å². The lowest BCUT2D eigenvalue weighted by atomic mass is 10.3. The van der Waals surface area contributed by atoms with Crippen molar-refractivity contribution >= 4 is 15.9 Å².